The second-order valence-electron chi connectivity index (χ2n) is 5.90. The first-order valence-corrected chi connectivity index (χ1v) is 7.36. The van der Waals surface area contributed by atoms with Gasteiger partial charge in [-0.25, -0.2) is 0 Å². The molecule has 3 rings (SSSR count). The van der Waals surface area contributed by atoms with Gasteiger partial charge in [0.1, 0.15) is 0 Å². The van der Waals surface area contributed by atoms with Gasteiger partial charge in [-0.2, -0.15) is 0 Å². The Bertz CT molecular complexity index is 514. The van der Waals surface area contributed by atoms with Gasteiger partial charge in [0.05, 0.1) is 18.8 Å². The largest absolute Gasteiger partial charge is 0.388 e. The summed E-state index contributed by atoms with van der Waals surface area (Å²) in [6, 6.07) is 5.86. The molecule has 3 unspecified atom stereocenters. The molecule has 2 heterocycles. The van der Waals surface area contributed by atoms with Crippen LogP contribution in [0.1, 0.15) is 43.4 Å². The molecule has 2 aliphatic rings. The Kier molecular flexibility index (Phi) is 3.76. The number of hydrogen-bond donors (Lipinski definition) is 2. The van der Waals surface area contributed by atoms with Crippen molar-refractivity contribution in [3.63, 3.8) is 0 Å². The first-order valence-electron chi connectivity index (χ1n) is 7.36. The Hall–Kier alpha value is -1.39. The molecule has 0 saturated carbocycles. The van der Waals surface area contributed by atoms with Gasteiger partial charge < -0.3 is 15.2 Å². The number of fused-ring (bicyclic) bond motifs is 1. The lowest BCUT2D eigenvalue weighted by molar-refractivity contribution is -0.116. The van der Waals surface area contributed by atoms with E-state index in [1.54, 1.807) is 0 Å². The fourth-order valence-corrected chi connectivity index (χ4v) is 3.12. The third kappa shape index (κ3) is 2.72. The first-order chi connectivity index (χ1) is 9.63. The highest BCUT2D eigenvalue weighted by molar-refractivity contribution is 5.92. The van der Waals surface area contributed by atoms with Gasteiger partial charge in [0.2, 0.25) is 5.91 Å². The van der Waals surface area contributed by atoms with Crippen molar-refractivity contribution in [2.45, 2.75) is 44.8 Å². The van der Waals surface area contributed by atoms with Crippen molar-refractivity contribution in [2.24, 2.45) is 5.92 Å². The van der Waals surface area contributed by atoms with Crippen molar-refractivity contribution in [1.82, 2.24) is 0 Å². The fraction of sp³-hybridized carbons (Fsp3) is 0.562. The molecule has 1 aromatic carbocycles. The van der Waals surface area contributed by atoms with E-state index >= 15 is 0 Å². The standard InChI is InChI=1S/C16H21NO3/c1-10-7-13(9-20-10)16(19)12-5-6-14-11(8-12)3-2-4-15(18)17-14/h5-6,8,10,13,16,19H,2-4,7,9H2,1H3,(H,17,18). The van der Waals surface area contributed by atoms with Gasteiger partial charge in [-0.15, -0.1) is 0 Å². The molecule has 4 heteroatoms. The zero-order valence-electron chi connectivity index (χ0n) is 11.8. The van der Waals surface area contributed by atoms with Crippen molar-refractivity contribution in [3.05, 3.63) is 29.3 Å². The van der Waals surface area contributed by atoms with Gasteiger partial charge in [-0.3, -0.25) is 4.79 Å². The molecule has 0 bridgehead atoms. The summed E-state index contributed by atoms with van der Waals surface area (Å²) in [7, 11) is 0. The van der Waals surface area contributed by atoms with Crippen LogP contribution in [-0.4, -0.2) is 23.7 Å². The van der Waals surface area contributed by atoms with E-state index in [1.165, 1.54) is 0 Å². The van der Waals surface area contributed by atoms with Gasteiger partial charge >= 0.3 is 0 Å². The molecule has 3 atom stereocenters. The summed E-state index contributed by atoms with van der Waals surface area (Å²) in [6.07, 6.45) is 2.96. The van der Waals surface area contributed by atoms with Crippen LogP contribution < -0.4 is 5.32 Å². The minimum Gasteiger partial charge on any atom is -0.388 e. The Morgan fingerprint density at radius 1 is 1.40 bits per heavy atom. The van der Waals surface area contributed by atoms with E-state index in [2.05, 4.69) is 5.32 Å². The second-order valence-corrected chi connectivity index (χ2v) is 5.90. The van der Waals surface area contributed by atoms with E-state index < -0.39 is 6.10 Å². The maximum atomic E-state index is 11.5. The van der Waals surface area contributed by atoms with Crippen molar-refractivity contribution < 1.29 is 14.6 Å². The number of carbonyl (C=O) groups excluding carboxylic acids is 1. The van der Waals surface area contributed by atoms with E-state index in [4.69, 9.17) is 4.74 Å². The molecule has 0 aliphatic carbocycles. The number of hydrogen-bond acceptors (Lipinski definition) is 3. The summed E-state index contributed by atoms with van der Waals surface area (Å²) in [4.78, 5) is 11.5. The maximum absolute atomic E-state index is 11.5. The van der Waals surface area contributed by atoms with E-state index in [0.717, 1.165) is 36.1 Å². The molecular weight excluding hydrogens is 254 g/mol. The highest BCUT2D eigenvalue weighted by Gasteiger charge is 2.29. The van der Waals surface area contributed by atoms with Crippen LogP contribution >= 0.6 is 0 Å². The molecule has 1 amide bonds. The molecule has 2 N–H and O–H groups in total. The van der Waals surface area contributed by atoms with Gasteiger partial charge in [0, 0.05) is 18.0 Å². The Morgan fingerprint density at radius 3 is 3.00 bits per heavy atom. The number of rotatable bonds is 2. The van der Waals surface area contributed by atoms with Crippen LogP contribution in [0.5, 0.6) is 0 Å². The number of aliphatic hydroxyl groups is 1. The van der Waals surface area contributed by atoms with E-state index in [1.807, 2.05) is 25.1 Å². The van der Waals surface area contributed by atoms with Crippen molar-refractivity contribution in [1.29, 1.82) is 0 Å². The molecule has 0 radical (unpaired) electrons. The number of amides is 1. The first kappa shape index (κ1) is 13.6. The van der Waals surface area contributed by atoms with Gasteiger partial charge in [-0.05, 0) is 43.4 Å². The molecule has 1 fully saturated rings. The number of aliphatic hydroxyl groups excluding tert-OH is 1. The van der Waals surface area contributed by atoms with Crippen LogP contribution in [0.15, 0.2) is 18.2 Å². The number of carbonyl (C=O) groups is 1. The SMILES string of the molecule is CC1CC(C(O)c2ccc3c(c2)CCCC(=O)N3)CO1. The molecule has 0 spiro atoms. The van der Waals surface area contributed by atoms with Gasteiger partial charge in [0.15, 0.2) is 0 Å². The van der Waals surface area contributed by atoms with Crippen molar-refractivity contribution in [2.75, 3.05) is 11.9 Å². The molecule has 0 aromatic heterocycles. The number of nitrogens with one attached hydrogen (secondary N) is 1. The van der Waals surface area contributed by atoms with Crippen molar-refractivity contribution >= 4 is 11.6 Å². The van der Waals surface area contributed by atoms with Crippen LogP contribution in [0.25, 0.3) is 0 Å². The number of ether oxygens (including phenoxy) is 1. The minimum absolute atomic E-state index is 0.0788. The summed E-state index contributed by atoms with van der Waals surface area (Å²) in [5, 5.41) is 13.4. The van der Waals surface area contributed by atoms with Crippen LogP contribution in [0.4, 0.5) is 5.69 Å². The molecule has 2 aliphatic heterocycles. The summed E-state index contributed by atoms with van der Waals surface area (Å²) >= 11 is 0. The minimum atomic E-state index is -0.482. The summed E-state index contributed by atoms with van der Waals surface area (Å²) in [6.45, 7) is 2.66. The monoisotopic (exact) mass is 275 g/mol. The smallest absolute Gasteiger partial charge is 0.224 e. The Labute approximate surface area is 119 Å². The number of aryl methyl sites for hydroxylation is 1. The Morgan fingerprint density at radius 2 is 2.25 bits per heavy atom. The van der Waals surface area contributed by atoms with Crippen LogP contribution in [-0.2, 0) is 16.0 Å². The normalized spacial score (nSPS) is 27.6. The maximum Gasteiger partial charge on any atom is 0.224 e. The summed E-state index contributed by atoms with van der Waals surface area (Å²) in [5.41, 5.74) is 2.95. The molecule has 1 saturated heterocycles. The van der Waals surface area contributed by atoms with E-state index in [0.29, 0.717) is 13.0 Å². The van der Waals surface area contributed by atoms with Crippen molar-refractivity contribution in [3.8, 4) is 0 Å². The zero-order valence-corrected chi connectivity index (χ0v) is 11.8. The lowest BCUT2D eigenvalue weighted by Crippen LogP contribution is -2.13. The number of benzene rings is 1. The van der Waals surface area contributed by atoms with Crippen LogP contribution in [0.3, 0.4) is 0 Å². The zero-order chi connectivity index (χ0) is 14.1. The topological polar surface area (TPSA) is 58.6 Å². The Balaban J connectivity index is 1.81. The third-order valence-electron chi connectivity index (χ3n) is 4.27. The van der Waals surface area contributed by atoms with Crippen LogP contribution in [0, 0.1) is 5.92 Å². The van der Waals surface area contributed by atoms with Crippen LogP contribution in [0.2, 0.25) is 0 Å². The highest BCUT2D eigenvalue weighted by atomic mass is 16.5. The average molecular weight is 275 g/mol. The molecular formula is C16H21NO3. The van der Waals surface area contributed by atoms with E-state index in [-0.39, 0.29) is 17.9 Å². The van der Waals surface area contributed by atoms with E-state index in [9.17, 15) is 9.90 Å². The molecule has 20 heavy (non-hydrogen) atoms. The molecule has 1 aromatic rings. The third-order valence-corrected chi connectivity index (χ3v) is 4.27. The quantitative estimate of drug-likeness (QED) is 0.871. The predicted octanol–water partition coefficient (Wildman–Crippen LogP) is 2.42. The summed E-state index contributed by atoms with van der Waals surface area (Å²) in [5.74, 6) is 0.249. The molecule has 108 valence electrons. The second kappa shape index (κ2) is 5.54. The van der Waals surface area contributed by atoms with Gasteiger partial charge in [-0.1, -0.05) is 12.1 Å². The summed E-state index contributed by atoms with van der Waals surface area (Å²) < 4.78 is 5.54. The lowest BCUT2D eigenvalue weighted by Gasteiger charge is -2.18. The average Bonchev–Trinajstić information content (AvgIpc) is 2.77. The highest BCUT2D eigenvalue weighted by Crippen LogP contribution is 2.33. The fourth-order valence-electron chi connectivity index (χ4n) is 3.12. The lowest BCUT2D eigenvalue weighted by atomic mass is 9.92. The predicted molar refractivity (Wildman–Crippen MR) is 76.5 cm³/mol. The van der Waals surface area contributed by atoms with Gasteiger partial charge in [0.25, 0.3) is 0 Å². The molecule has 4 nitrogen and oxygen atoms in total. The number of anilines is 1.